The molecule has 0 radical (unpaired) electrons. The minimum Gasteiger partial charge on any atom is -0.494 e. The van der Waals surface area contributed by atoms with E-state index in [-0.39, 0.29) is 11.9 Å². The highest BCUT2D eigenvalue weighted by Crippen LogP contribution is 2.35. The van der Waals surface area contributed by atoms with E-state index in [9.17, 15) is 9.59 Å². The summed E-state index contributed by atoms with van der Waals surface area (Å²) in [5.41, 5.74) is -0.706. The van der Waals surface area contributed by atoms with Crippen LogP contribution in [0.5, 0.6) is 5.75 Å². The number of rotatable bonds is 9. The molecule has 29 heavy (non-hydrogen) atoms. The molecule has 0 aliphatic carbocycles. The van der Waals surface area contributed by atoms with E-state index in [1.165, 1.54) is 0 Å². The van der Waals surface area contributed by atoms with Crippen LogP contribution in [0.4, 0.5) is 0 Å². The summed E-state index contributed by atoms with van der Waals surface area (Å²) in [5.74, 6) is 0.621. The van der Waals surface area contributed by atoms with Crippen molar-refractivity contribution in [3.8, 4) is 5.75 Å². The molecule has 1 amide bonds. The van der Waals surface area contributed by atoms with Crippen molar-refractivity contribution >= 4 is 11.9 Å². The topological polar surface area (TPSA) is 68.3 Å². The minimum atomic E-state index is -0.706. The zero-order valence-electron chi connectivity index (χ0n) is 17.3. The van der Waals surface area contributed by atoms with Crippen molar-refractivity contribution in [2.24, 2.45) is 5.41 Å². The second-order valence-corrected chi connectivity index (χ2v) is 7.70. The molecule has 160 valence electrons. The molecule has 0 unspecified atom stereocenters. The molecule has 3 rings (SSSR count). The fourth-order valence-electron chi connectivity index (χ4n) is 4.04. The standard InChI is InChI=1S/C22H32N2O5/c1-2-27-21(26)22(12-17-28-19-8-4-3-5-9-19)11-6-13-23(18-22)20(25)10-15-24-14-7-16-29-24/h3-5,8-9H,2,6-7,10-18H2,1H3/t22-/m0/s1. The molecule has 0 saturated carbocycles. The number of esters is 1. The van der Waals surface area contributed by atoms with Gasteiger partial charge in [0.25, 0.3) is 0 Å². The van der Waals surface area contributed by atoms with Crippen LogP contribution in [0, 0.1) is 5.41 Å². The van der Waals surface area contributed by atoms with Crippen molar-refractivity contribution in [2.75, 3.05) is 46.0 Å². The van der Waals surface area contributed by atoms with Gasteiger partial charge in [0.2, 0.25) is 5.91 Å². The zero-order chi connectivity index (χ0) is 20.5. The Hall–Kier alpha value is -2.12. The van der Waals surface area contributed by atoms with E-state index >= 15 is 0 Å². The van der Waals surface area contributed by atoms with Crippen LogP contribution in [0.25, 0.3) is 0 Å². The molecule has 2 saturated heterocycles. The first kappa shape index (κ1) is 21.6. The van der Waals surface area contributed by atoms with Gasteiger partial charge >= 0.3 is 5.97 Å². The van der Waals surface area contributed by atoms with Gasteiger partial charge in [0, 0.05) is 32.6 Å². The SMILES string of the molecule is CCOC(=O)[C@]1(CCOc2ccccc2)CCCN(C(=O)CCN2CCCO2)C1. The summed E-state index contributed by atoms with van der Waals surface area (Å²) in [6.45, 7) is 5.83. The van der Waals surface area contributed by atoms with E-state index < -0.39 is 5.41 Å². The zero-order valence-corrected chi connectivity index (χ0v) is 17.3. The number of hydroxylamine groups is 2. The van der Waals surface area contributed by atoms with Crippen molar-refractivity contribution in [3.63, 3.8) is 0 Å². The van der Waals surface area contributed by atoms with Crippen LogP contribution >= 0.6 is 0 Å². The third kappa shape index (κ3) is 5.93. The Labute approximate surface area is 172 Å². The molecule has 2 aliphatic rings. The first-order valence-electron chi connectivity index (χ1n) is 10.6. The summed E-state index contributed by atoms with van der Waals surface area (Å²) in [7, 11) is 0. The minimum absolute atomic E-state index is 0.0675. The van der Waals surface area contributed by atoms with E-state index in [2.05, 4.69) is 0 Å². The smallest absolute Gasteiger partial charge is 0.314 e. The highest BCUT2D eigenvalue weighted by molar-refractivity contribution is 5.81. The maximum Gasteiger partial charge on any atom is 0.314 e. The van der Waals surface area contributed by atoms with Crippen molar-refractivity contribution in [3.05, 3.63) is 30.3 Å². The maximum absolute atomic E-state index is 12.9. The van der Waals surface area contributed by atoms with Gasteiger partial charge < -0.3 is 14.4 Å². The van der Waals surface area contributed by atoms with Crippen LogP contribution in [-0.4, -0.2) is 67.8 Å². The lowest BCUT2D eigenvalue weighted by atomic mass is 9.77. The number of nitrogens with zero attached hydrogens (tertiary/aromatic N) is 2. The predicted molar refractivity (Wildman–Crippen MR) is 108 cm³/mol. The van der Waals surface area contributed by atoms with Gasteiger partial charge in [0.15, 0.2) is 0 Å². The van der Waals surface area contributed by atoms with Gasteiger partial charge in [0.1, 0.15) is 5.75 Å². The molecule has 1 atom stereocenters. The molecule has 2 aliphatic heterocycles. The van der Waals surface area contributed by atoms with Gasteiger partial charge in [-0.2, -0.15) is 5.06 Å². The van der Waals surface area contributed by atoms with E-state index in [4.69, 9.17) is 14.3 Å². The normalized spacial score (nSPS) is 22.4. The number of amides is 1. The molecule has 2 fully saturated rings. The third-order valence-electron chi connectivity index (χ3n) is 5.63. The van der Waals surface area contributed by atoms with Crippen molar-refractivity contribution in [1.29, 1.82) is 0 Å². The first-order valence-corrected chi connectivity index (χ1v) is 10.6. The van der Waals surface area contributed by atoms with E-state index in [1.54, 1.807) is 0 Å². The molecule has 0 aromatic heterocycles. The summed E-state index contributed by atoms with van der Waals surface area (Å²) in [5, 5.41) is 1.86. The number of piperidine rings is 1. The summed E-state index contributed by atoms with van der Waals surface area (Å²) >= 11 is 0. The van der Waals surface area contributed by atoms with Crippen LogP contribution in [0.2, 0.25) is 0 Å². The molecule has 2 heterocycles. The Kier molecular flexibility index (Phi) is 7.89. The van der Waals surface area contributed by atoms with Crippen molar-refractivity contribution < 1.29 is 23.9 Å². The maximum atomic E-state index is 12.9. The highest BCUT2D eigenvalue weighted by Gasteiger charge is 2.44. The number of para-hydroxylation sites is 1. The Balaban J connectivity index is 1.59. The average molecular weight is 405 g/mol. The van der Waals surface area contributed by atoms with E-state index in [1.807, 2.05) is 47.2 Å². The first-order chi connectivity index (χ1) is 14.1. The molecular formula is C22H32N2O5. The Morgan fingerprint density at radius 3 is 2.72 bits per heavy atom. The van der Waals surface area contributed by atoms with Crippen molar-refractivity contribution in [2.45, 2.75) is 39.0 Å². The fraction of sp³-hybridized carbons (Fsp3) is 0.636. The van der Waals surface area contributed by atoms with Gasteiger partial charge in [-0.05, 0) is 44.7 Å². The largest absolute Gasteiger partial charge is 0.494 e. The molecule has 0 bridgehead atoms. The molecule has 0 N–H and O–H groups in total. The molecule has 7 nitrogen and oxygen atoms in total. The Morgan fingerprint density at radius 1 is 1.17 bits per heavy atom. The van der Waals surface area contributed by atoms with Crippen LogP contribution in [0.15, 0.2) is 30.3 Å². The molecule has 1 aromatic rings. The van der Waals surface area contributed by atoms with Gasteiger partial charge in [-0.1, -0.05) is 18.2 Å². The van der Waals surface area contributed by atoms with Crippen molar-refractivity contribution in [1.82, 2.24) is 9.96 Å². The highest BCUT2D eigenvalue weighted by atomic mass is 16.7. The lowest BCUT2D eigenvalue weighted by Gasteiger charge is -2.41. The van der Waals surface area contributed by atoms with Crippen LogP contribution in [0.1, 0.15) is 39.0 Å². The van der Waals surface area contributed by atoms with E-state index in [0.717, 1.165) is 31.7 Å². The second kappa shape index (κ2) is 10.6. The number of hydrogen-bond donors (Lipinski definition) is 0. The summed E-state index contributed by atoms with van der Waals surface area (Å²) < 4.78 is 11.2. The fourth-order valence-corrected chi connectivity index (χ4v) is 4.04. The molecule has 7 heteroatoms. The number of benzene rings is 1. The quantitative estimate of drug-likeness (QED) is 0.590. The Bertz CT molecular complexity index is 662. The summed E-state index contributed by atoms with van der Waals surface area (Å²) in [6.07, 6.45) is 3.43. The van der Waals surface area contributed by atoms with Gasteiger partial charge in [-0.25, -0.2) is 0 Å². The molecular weight excluding hydrogens is 372 g/mol. The lowest BCUT2D eigenvalue weighted by molar-refractivity contribution is -0.162. The second-order valence-electron chi connectivity index (χ2n) is 7.70. The number of carbonyl (C=O) groups excluding carboxylic acids is 2. The summed E-state index contributed by atoms with van der Waals surface area (Å²) in [6, 6.07) is 9.57. The van der Waals surface area contributed by atoms with Crippen LogP contribution < -0.4 is 4.74 Å². The lowest BCUT2D eigenvalue weighted by Crippen LogP contribution is -2.51. The average Bonchev–Trinajstić information content (AvgIpc) is 3.27. The number of carbonyl (C=O) groups is 2. The van der Waals surface area contributed by atoms with Gasteiger partial charge in [-0.15, -0.1) is 0 Å². The molecule has 0 spiro atoms. The number of likely N-dealkylation sites (tertiary alicyclic amines) is 1. The van der Waals surface area contributed by atoms with Crippen LogP contribution in [0.3, 0.4) is 0 Å². The Morgan fingerprint density at radius 2 is 2.00 bits per heavy atom. The number of hydrogen-bond acceptors (Lipinski definition) is 6. The molecule has 1 aromatic carbocycles. The van der Waals surface area contributed by atoms with Gasteiger partial charge in [0.05, 0.1) is 25.2 Å². The monoisotopic (exact) mass is 404 g/mol. The van der Waals surface area contributed by atoms with Gasteiger partial charge in [-0.3, -0.25) is 14.4 Å². The summed E-state index contributed by atoms with van der Waals surface area (Å²) in [4.78, 5) is 32.9. The van der Waals surface area contributed by atoms with Crippen LogP contribution in [-0.2, 0) is 19.2 Å². The van der Waals surface area contributed by atoms with E-state index in [0.29, 0.717) is 52.1 Å². The number of ether oxygens (including phenoxy) is 2. The predicted octanol–water partition coefficient (Wildman–Crippen LogP) is 2.65. The third-order valence-corrected chi connectivity index (χ3v) is 5.63.